The number of pyridine rings is 3. The Bertz CT molecular complexity index is 1090. The van der Waals surface area contributed by atoms with Crippen LogP contribution in [0.5, 0.6) is 5.88 Å². The number of nitrogens with zero attached hydrogens (tertiary/aromatic N) is 5. The molecule has 1 fully saturated rings. The van der Waals surface area contributed by atoms with Gasteiger partial charge in [-0.15, -0.1) is 0 Å². The van der Waals surface area contributed by atoms with Crippen molar-refractivity contribution < 1.29 is 9.53 Å². The van der Waals surface area contributed by atoms with E-state index in [1.165, 1.54) is 5.39 Å². The van der Waals surface area contributed by atoms with Gasteiger partial charge in [0.1, 0.15) is 11.6 Å². The van der Waals surface area contributed by atoms with E-state index in [0.717, 1.165) is 68.8 Å². The summed E-state index contributed by atoms with van der Waals surface area (Å²) in [5.74, 6) is 2.29. The smallest absolute Gasteiger partial charge is 0.225 e. The number of hydrogen-bond acceptors (Lipinski definition) is 7. The highest BCUT2D eigenvalue weighted by Gasteiger charge is 2.19. The Morgan fingerprint density at radius 2 is 1.88 bits per heavy atom. The number of nitrogens with one attached hydrogen (secondary N) is 1. The van der Waals surface area contributed by atoms with Crippen molar-refractivity contribution in [3.05, 3.63) is 48.4 Å². The van der Waals surface area contributed by atoms with Crippen molar-refractivity contribution >= 4 is 28.3 Å². The first-order valence-corrected chi connectivity index (χ1v) is 11.3. The van der Waals surface area contributed by atoms with Crippen LogP contribution in [0.4, 0.5) is 11.6 Å². The van der Waals surface area contributed by atoms with E-state index in [-0.39, 0.29) is 5.91 Å². The zero-order chi connectivity index (χ0) is 21.8. The molecular formula is C24H28N6O2. The number of carbonyl (C=O) groups is 1. The van der Waals surface area contributed by atoms with Crippen LogP contribution in [0.15, 0.2) is 42.9 Å². The summed E-state index contributed by atoms with van der Waals surface area (Å²) in [4.78, 5) is 29.7. The third-order valence-corrected chi connectivity index (χ3v) is 6.17. The predicted molar refractivity (Wildman–Crippen MR) is 124 cm³/mol. The summed E-state index contributed by atoms with van der Waals surface area (Å²) in [6.45, 7) is 5.71. The molecule has 1 amide bonds. The van der Waals surface area contributed by atoms with Gasteiger partial charge >= 0.3 is 0 Å². The van der Waals surface area contributed by atoms with Crippen molar-refractivity contribution in [2.24, 2.45) is 0 Å². The molecule has 1 saturated heterocycles. The maximum absolute atomic E-state index is 11.5. The van der Waals surface area contributed by atoms with Crippen LogP contribution in [0, 0.1) is 0 Å². The van der Waals surface area contributed by atoms with E-state index in [1.807, 2.05) is 42.9 Å². The molecule has 1 N–H and O–H groups in total. The van der Waals surface area contributed by atoms with E-state index in [1.54, 1.807) is 0 Å². The first-order valence-electron chi connectivity index (χ1n) is 11.3. The number of aromatic nitrogens is 3. The van der Waals surface area contributed by atoms with Gasteiger partial charge < -0.3 is 15.0 Å². The summed E-state index contributed by atoms with van der Waals surface area (Å²) in [5, 5.41) is 5.13. The largest absolute Gasteiger partial charge is 0.478 e. The Morgan fingerprint density at radius 1 is 1.00 bits per heavy atom. The van der Waals surface area contributed by atoms with Gasteiger partial charge in [0.15, 0.2) is 0 Å². The molecule has 5 heterocycles. The molecule has 0 bridgehead atoms. The monoisotopic (exact) mass is 432 g/mol. The summed E-state index contributed by atoms with van der Waals surface area (Å²) in [5.41, 5.74) is 1.08. The highest BCUT2D eigenvalue weighted by Crippen LogP contribution is 2.25. The van der Waals surface area contributed by atoms with E-state index < -0.39 is 0 Å². The molecule has 8 nitrogen and oxygen atoms in total. The molecule has 0 aliphatic carbocycles. The summed E-state index contributed by atoms with van der Waals surface area (Å²) >= 11 is 0. The maximum atomic E-state index is 11.5. The fraction of sp³-hybridized carbons (Fsp3) is 0.417. The third-order valence-electron chi connectivity index (χ3n) is 6.17. The molecular weight excluding hydrogens is 404 g/mol. The fourth-order valence-electron chi connectivity index (χ4n) is 4.35. The number of amides is 1. The highest BCUT2D eigenvalue weighted by molar-refractivity contribution is 5.93. The Balaban J connectivity index is 1.04. The molecule has 0 unspecified atom stereocenters. The minimum Gasteiger partial charge on any atom is -0.478 e. The highest BCUT2D eigenvalue weighted by atomic mass is 16.5. The molecule has 0 radical (unpaired) electrons. The molecule has 5 rings (SSSR count). The molecule has 166 valence electrons. The van der Waals surface area contributed by atoms with Gasteiger partial charge in [-0.2, -0.15) is 4.98 Å². The van der Waals surface area contributed by atoms with Crippen LogP contribution in [-0.4, -0.2) is 65.1 Å². The molecule has 32 heavy (non-hydrogen) atoms. The average molecular weight is 433 g/mol. The fourth-order valence-corrected chi connectivity index (χ4v) is 4.35. The quantitative estimate of drug-likeness (QED) is 0.575. The third kappa shape index (κ3) is 4.65. The van der Waals surface area contributed by atoms with E-state index in [9.17, 15) is 4.79 Å². The Kier molecular flexibility index (Phi) is 6.11. The number of aryl methyl sites for hydroxylation is 1. The maximum Gasteiger partial charge on any atom is 0.225 e. The lowest BCUT2D eigenvalue weighted by molar-refractivity contribution is -0.116. The van der Waals surface area contributed by atoms with Crippen LogP contribution in [0.1, 0.15) is 24.8 Å². The van der Waals surface area contributed by atoms with Gasteiger partial charge in [0.05, 0.1) is 6.61 Å². The number of anilines is 2. The second-order valence-electron chi connectivity index (χ2n) is 8.32. The van der Waals surface area contributed by atoms with Crippen molar-refractivity contribution in [2.75, 3.05) is 49.5 Å². The molecule has 0 aromatic carbocycles. The summed E-state index contributed by atoms with van der Waals surface area (Å²) < 4.78 is 5.81. The second-order valence-corrected chi connectivity index (χ2v) is 8.32. The minimum atomic E-state index is 0.0233. The lowest BCUT2D eigenvalue weighted by atomic mass is 10.1. The number of ether oxygens (including phenoxy) is 1. The number of rotatable bonds is 7. The Labute approximate surface area is 187 Å². The van der Waals surface area contributed by atoms with Gasteiger partial charge in [-0.3, -0.25) is 14.7 Å². The summed E-state index contributed by atoms with van der Waals surface area (Å²) in [7, 11) is 0. The van der Waals surface area contributed by atoms with E-state index >= 15 is 0 Å². The standard InChI is InChI=1S/C24H28N6O2/c31-21-5-3-19-4-6-22(28-23(19)27-21)32-16-2-1-11-29-12-14-30(15-13-29)24-20-17-25-9-7-18(20)8-10-26-24/h4,6-10,17H,1-3,5,11-16H2,(H,27,28,31). The van der Waals surface area contributed by atoms with Crippen molar-refractivity contribution in [1.82, 2.24) is 19.9 Å². The van der Waals surface area contributed by atoms with Crippen LogP contribution in [0.25, 0.3) is 10.8 Å². The topological polar surface area (TPSA) is 83.5 Å². The van der Waals surface area contributed by atoms with Crippen LogP contribution in [0.3, 0.4) is 0 Å². The van der Waals surface area contributed by atoms with Gasteiger partial charge in [0.25, 0.3) is 0 Å². The van der Waals surface area contributed by atoms with Crippen molar-refractivity contribution in [3.8, 4) is 5.88 Å². The normalized spacial score (nSPS) is 16.6. The van der Waals surface area contributed by atoms with Crippen LogP contribution >= 0.6 is 0 Å². The van der Waals surface area contributed by atoms with Crippen molar-refractivity contribution in [3.63, 3.8) is 0 Å². The summed E-state index contributed by atoms with van der Waals surface area (Å²) in [6, 6.07) is 7.97. The van der Waals surface area contributed by atoms with Crippen molar-refractivity contribution in [1.29, 1.82) is 0 Å². The summed E-state index contributed by atoms with van der Waals surface area (Å²) in [6.07, 6.45) is 8.95. The lowest BCUT2D eigenvalue weighted by Gasteiger charge is -2.35. The molecule has 0 spiro atoms. The SMILES string of the molecule is O=C1CCc2ccc(OCCCCN3CCN(c4nccc5ccncc45)CC3)nc2N1. The number of piperazine rings is 1. The molecule has 8 heteroatoms. The minimum absolute atomic E-state index is 0.0233. The average Bonchev–Trinajstić information content (AvgIpc) is 2.83. The first-order chi connectivity index (χ1) is 15.8. The molecule has 3 aromatic rings. The van der Waals surface area contributed by atoms with Crippen molar-refractivity contribution in [2.45, 2.75) is 25.7 Å². The second kappa shape index (κ2) is 9.48. The van der Waals surface area contributed by atoms with Crippen LogP contribution in [0.2, 0.25) is 0 Å². The molecule has 0 atom stereocenters. The number of unbranched alkanes of at least 4 members (excludes halogenated alkanes) is 1. The van der Waals surface area contributed by atoms with Crippen LogP contribution < -0.4 is 15.0 Å². The van der Waals surface area contributed by atoms with Gasteiger partial charge in [0.2, 0.25) is 11.8 Å². The van der Waals surface area contributed by atoms with E-state index in [4.69, 9.17) is 4.74 Å². The van der Waals surface area contributed by atoms with Crippen LogP contribution in [-0.2, 0) is 11.2 Å². The number of carbonyl (C=O) groups excluding carboxylic acids is 1. The van der Waals surface area contributed by atoms with E-state index in [0.29, 0.717) is 24.7 Å². The van der Waals surface area contributed by atoms with Gasteiger partial charge in [0, 0.05) is 62.6 Å². The number of hydrogen-bond donors (Lipinski definition) is 1. The first kappa shape index (κ1) is 20.6. The molecule has 2 aliphatic heterocycles. The van der Waals surface area contributed by atoms with Gasteiger partial charge in [-0.25, -0.2) is 4.98 Å². The predicted octanol–water partition coefficient (Wildman–Crippen LogP) is 2.89. The lowest BCUT2D eigenvalue weighted by Crippen LogP contribution is -2.47. The zero-order valence-electron chi connectivity index (χ0n) is 18.2. The molecule has 0 saturated carbocycles. The number of fused-ring (bicyclic) bond motifs is 2. The van der Waals surface area contributed by atoms with E-state index in [2.05, 4.69) is 30.1 Å². The molecule has 2 aliphatic rings. The van der Waals surface area contributed by atoms with Gasteiger partial charge in [-0.05, 0) is 55.0 Å². The zero-order valence-corrected chi connectivity index (χ0v) is 18.2. The molecule has 3 aromatic heterocycles. The Morgan fingerprint density at radius 3 is 2.78 bits per heavy atom. The Hall–Kier alpha value is -3.26. The van der Waals surface area contributed by atoms with Gasteiger partial charge in [-0.1, -0.05) is 0 Å².